The van der Waals surface area contributed by atoms with Gasteiger partial charge in [0, 0.05) is 13.1 Å². The summed E-state index contributed by atoms with van der Waals surface area (Å²) in [4.78, 5) is 25.6. The quantitative estimate of drug-likeness (QED) is 0.587. The average molecular weight is 233 g/mol. The Labute approximate surface area is 100 Å². The number of para-hydroxylation sites is 1. The molecule has 1 fully saturated rings. The zero-order valence-electron chi connectivity index (χ0n) is 9.81. The number of ether oxygens (including phenoxy) is 1. The molecule has 1 saturated heterocycles. The van der Waals surface area contributed by atoms with Crippen molar-refractivity contribution in [3.8, 4) is 5.75 Å². The first-order valence-electron chi connectivity index (χ1n) is 5.70. The van der Waals surface area contributed by atoms with Gasteiger partial charge in [-0.25, -0.2) is 0 Å². The van der Waals surface area contributed by atoms with Gasteiger partial charge in [-0.15, -0.1) is 0 Å². The third-order valence-corrected chi connectivity index (χ3v) is 2.94. The second-order valence-corrected chi connectivity index (χ2v) is 4.03. The first-order chi connectivity index (χ1) is 8.24. The van der Waals surface area contributed by atoms with E-state index in [0.717, 1.165) is 12.8 Å². The van der Waals surface area contributed by atoms with Gasteiger partial charge in [-0.2, -0.15) is 0 Å². The topological polar surface area (TPSA) is 46.6 Å². The largest absolute Gasteiger partial charge is 0.496 e. The van der Waals surface area contributed by atoms with E-state index in [0.29, 0.717) is 24.4 Å². The van der Waals surface area contributed by atoms with Gasteiger partial charge in [0.25, 0.3) is 11.7 Å². The fraction of sp³-hybridized carbons (Fsp3) is 0.385. The number of rotatable bonds is 3. The summed E-state index contributed by atoms with van der Waals surface area (Å²) < 4.78 is 5.09. The van der Waals surface area contributed by atoms with Gasteiger partial charge in [0.2, 0.25) is 0 Å². The number of benzene rings is 1. The Balaban J connectivity index is 2.21. The van der Waals surface area contributed by atoms with Crippen LogP contribution >= 0.6 is 0 Å². The van der Waals surface area contributed by atoms with Crippen LogP contribution in [0, 0.1) is 0 Å². The van der Waals surface area contributed by atoms with Crippen LogP contribution in [0.2, 0.25) is 0 Å². The van der Waals surface area contributed by atoms with Crippen LogP contribution in [0.15, 0.2) is 24.3 Å². The molecule has 0 spiro atoms. The third kappa shape index (κ3) is 2.30. The van der Waals surface area contributed by atoms with Gasteiger partial charge in [0.15, 0.2) is 0 Å². The lowest BCUT2D eigenvalue weighted by molar-refractivity contribution is -0.125. The molecule has 0 aliphatic carbocycles. The van der Waals surface area contributed by atoms with E-state index in [1.165, 1.54) is 7.11 Å². The number of nitrogens with zero attached hydrogens (tertiary/aromatic N) is 1. The molecule has 1 aliphatic rings. The molecule has 1 aromatic carbocycles. The Morgan fingerprint density at radius 3 is 2.47 bits per heavy atom. The molecule has 1 aromatic rings. The molecule has 0 radical (unpaired) electrons. The van der Waals surface area contributed by atoms with Gasteiger partial charge >= 0.3 is 0 Å². The van der Waals surface area contributed by atoms with Crippen molar-refractivity contribution in [3.05, 3.63) is 29.8 Å². The summed E-state index contributed by atoms with van der Waals surface area (Å²) in [7, 11) is 1.49. The minimum absolute atomic E-state index is 0.340. The molecule has 2 rings (SSSR count). The van der Waals surface area contributed by atoms with Gasteiger partial charge in [0.1, 0.15) is 5.75 Å². The van der Waals surface area contributed by atoms with E-state index in [-0.39, 0.29) is 0 Å². The number of carbonyl (C=O) groups is 2. The minimum atomic E-state index is -0.482. The maximum Gasteiger partial charge on any atom is 0.295 e. The summed E-state index contributed by atoms with van der Waals surface area (Å²) in [6, 6.07) is 6.81. The van der Waals surface area contributed by atoms with Crippen LogP contribution < -0.4 is 4.74 Å². The van der Waals surface area contributed by atoms with Crippen LogP contribution in [0.1, 0.15) is 23.2 Å². The van der Waals surface area contributed by atoms with Crippen molar-refractivity contribution < 1.29 is 14.3 Å². The first kappa shape index (κ1) is 11.6. The van der Waals surface area contributed by atoms with Crippen molar-refractivity contribution >= 4 is 11.7 Å². The molecule has 17 heavy (non-hydrogen) atoms. The molecule has 0 N–H and O–H groups in total. The maximum absolute atomic E-state index is 12.0. The summed E-state index contributed by atoms with van der Waals surface area (Å²) in [5.41, 5.74) is 0.340. The fourth-order valence-corrected chi connectivity index (χ4v) is 2.01. The van der Waals surface area contributed by atoms with E-state index >= 15 is 0 Å². The van der Waals surface area contributed by atoms with E-state index in [1.54, 1.807) is 29.2 Å². The van der Waals surface area contributed by atoms with E-state index in [1.807, 2.05) is 0 Å². The summed E-state index contributed by atoms with van der Waals surface area (Å²) in [5.74, 6) is -0.457. The number of methoxy groups -OCH3 is 1. The molecule has 0 aromatic heterocycles. The normalized spacial score (nSPS) is 14.8. The first-order valence-corrected chi connectivity index (χ1v) is 5.70. The number of hydrogen-bond acceptors (Lipinski definition) is 3. The molecule has 90 valence electrons. The third-order valence-electron chi connectivity index (χ3n) is 2.94. The average Bonchev–Trinajstić information content (AvgIpc) is 2.90. The predicted octanol–water partition coefficient (Wildman–Crippen LogP) is 1.50. The monoisotopic (exact) mass is 233 g/mol. The van der Waals surface area contributed by atoms with Gasteiger partial charge in [-0.05, 0) is 25.0 Å². The summed E-state index contributed by atoms with van der Waals surface area (Å²) in [5, 5.41) is 0. The number of hydrogen-bond donors (Lipinski definition) is 0. The number of amides is 1. The zero-order chi connectivity index (χ0) is 12.3. The van der Waals surface area contributed by atoms with E-state index in [9.17, 15) is 9.59 Å². The zero-order valence-corrected chi connectivity index (χ0v) is 9.81. The minimum Gasteiger partial charge on any atom is -0.496 e. The highest BCUT2D eigenvalue weighted by atomic mass is 16.5. The van der Waals surface area contributed by atoms with Gasteiger partial charge in [0.05, 0.1) is 12.7 Å². The Bertz CT molecular complexity index is 436. The van der Waals surface area contributed by atoms with E-state index < -0.39 is 11.7 Å². The number of Topliss-reactive ketones (excluding diaryl/α,β-unsaturated/α-hetero) is 1. The summed E-state index contributed by atoms with van der Waals surface area (Å²) in [6.45, 7) is 1.36. The van der Waals surface area contributed by atoms with Crippen LogP contribution in [0.4, 0.5) is 0 Å². The number of likely N-dealkylation sites (tertiary alicyclic amines) is 1. The van der Waals surface area contributed by atoms with Gasteiger partial charge < -0.3 is 9.64 Å². The van der Waals surface area contributed by atoms with Crippen LogP contribution in [0.5, 0.6) is 5.75 Å². The second kappa shape index (κ2) is 4.99. The Kier molecular flexibility index (Phi) is 3.42. The highest BCUT2D eigenvalue weighted by Crippen LogP contribution is 2.19. The van der Waals surface area contributed by atoms with Crippen molar-refractivity contribution in [2.24, 2.45) is 0 Å². The molecule has 0 bridgehead atoms. The molecule has 0 saturated carbocycles. The van der Waals surface area contributed by atoms with Crippen molar-refractivity contribution in [1.82, 2.24) is 4.90 Å². The lowest BCUT2D eigenvalue weighted by atomic mass is 10.1. The molecular weight excluding hydrogens is 218 g/mol. The van der Waals surface area contributed by atoms with Crippen molar-refractivity contribution in [3.63, 3.8) is 0 Å². The Morgan fingerprint density at radius 2 is 1.82 bits per heavy atom. The van der Waals surface area contributed by atoms with Crippen LogP contribution in [-0.4, -0.2) is 36.8 Å². The molecule has 4 heteroatoms. The van der Waals surface area contributed by atoms with Crippen molar-refractivity contribution in [2.75, 3.05) is 20.2 Å². The molecule has 1 amide bonds. The summed E-state index contributed by atoms with van der Waals surface area (Å²) in [6.07, 6.45) is 1.95. The van der Waals surface area contributed by atoms with Gasteiger partial charge in [-0.1, -0.05) is 12.1 Å². The highest BCUT2D eigenvalue weighted by molar-refractivity contribution is 6.43. The predicted molar refractivity (Wildman–Crippen MR) is 63.1 cm³/mol. The van der Waals surface area contributed by atoms with Crippen LogP contribution in [-0.2, 0) is 4.79 Å². The lowest BCUT2D eigenvalue weighted by Gasteiger charge is -2.14. The number of carbonyl (C=O) groups excluding carboxylic acids is 2. The smallest absolute Gasteiger partial charge is 0.295 e. The van der Waals surface area contributed by atoms with E-state index in [4.69, 9.17) is 4.74 Å². The van der Waals surface area contributed by atoms with Crippen molar-refractivity contribution in [1.29, 1.82) is 0 Å². The van der Waals surface area contributed by atoms with E-state index in [2.05, 4.69) is 0 Å². The molecule has 4 nitrogen and oxygen atoms in total. The second-order valence-electron chi connectivity index (χ2n) is 4.03. The SMILES string of the molecule is COc1ccccc1C(=O)C(=O)N1CCCC1. The van der Waals surface area contributed by atoms with Crippen molar-refractivity contribution in [2.45, 2.75) is 12.8 Å². The van der Waals surface area contributed by atoms with Crippen LogP contribution in [0.25, 0.3) is 0 Å². The van der Waals surface area contributed by atoms with Crippen LogP contribution in [0.3, 0.4) is 0 Å². The lowest BCUT2D eigenvalue weighted by Crippen LogP contribution is -2.34. The molecular formula is C13H15NO3. The maximum atomic E-state index is 12.0. The Morgan fingerprint density at radius 1 is 1.18 bits per heavy atom. The standard InChI is InChI=1S/C13H15NO3/c1-17-11-7-3-2-6-10(11)12(15)13(16)14-8-4-5-9-14/h2-3,6-7H,4-5,8-9H2,1H3. The fourth-order valence-electron chi connectivity index (χ4n) is 2.01. The number of ketones is 1. The highest BCUT2D eigenvalue weighted by Gasteiger charge is 2.27. The molecule has 1 heterocycles. The summed E-state index contributed by atoms with van der Waals surface area (Å²) >= 11 is 0. The Hall–Kier alpha value is -1.84. The molecule has 1 aliphatic heterocycles. The van der Waals surface area contributed by atoms with Gasteiger partial charge in [-0.3, -0.25) is 9.59 Å². The molecule has 0 unspecified atom stereocenters. The molecule has 0 atom stereocenters.